The monoisotopic (exact) mass is 205 g/mol. The zero-order valence-electron chi connectivity index (χ0n) is 9.35. The third kappa shape index (κ3) is 2.46. The normalized spacial score (nSPS) is 10.6. The highest BCUT2D eigenvalue weighted by atomic mass is 28.2. The van der Waals surface area contributed by atoms with Crippen LogP contribution in [0.1, 0.15) is 23.1 Å². The summed E-state index contributed by atoms with van der Waals surface area (Å²) in [7, 11) is 0.899. The van der Waals surface area contributed by atoms with Gasteiger partial charge in [0.05, 0.1) is 9.52 Å². The van der Waals surface area contributed by atoms with Crippen LogP contribution in [-0.2, 0) is 6.42 Å². The van der Waals surface area contributed by atoms with Gasteiger partial charge in [-0.2, -0.15) is 0 Å². The van der Waals surface area contributed by atoms with E-state index in [1.807, 2.05) is 0 Å². The Labute approximate surface area is 89.5 Å². The molecule has 2 heteroatoms. The van der Waals surface area contributed by atoms with Crippen molar-refractivity contribution in [3.63, 3.8) is 0 Å². The van der Waals surface area contributed by atoms with Crippen molar-refractivity contribution in [2.24, 2.45) is 5.73 Å². The smallest absolute Gasteiger partial charge is 0.0777 e. The SMILES string of the molecule is C[Si]c1ccc(CCCN)c(C)c1C. The lowest BCUT2D eigenvalue weighted by Gasteiger charge is -2.11. The molecule has 0 unspecified atom stereocenters. The van der Waals surface area contributed by atoms with Crippen LogP contribution >= 0.6 is 0 Å². The first kappa shape index (κ1) is 11.5. The van der Waals surface area contributed by atoms with Crippen molar-refractivity contribution in [3.8, 4) is 0 Å². The van der Waals surface area contributed by atoms with Gasteiger partial charge in [-0.3, -0.25) is 0 Å². The number of nitrogens with two attached hydrogens (primary N) is 1. The Hall–Kier alpha value is -0.603. The zero-order valence-corrected chi connectivity index (χ0v) is 10.4. The van der Waals surface area contributed by atoms with Gasteiger partial charge in [0.1, 0.15) is 0 Å². The van der Waals surface area contributed by atoms with E-state index in [0.717, 1.165) is 28.9 Å². The van der Waals surface area contributed by atoms with Crippen molar-refractivity contribution in [2.75, 3.05) is 6.54 Å². The second-order valence-electron chi connectivity index (χ2n) is 3.66. The van der Waals surface area contributed by atoms with Crippen LogP contribution in [0.2, 0.25) is 6.55 Å². The summed E-state index contributed by atoms with van der Waals surface area (Å²) in [6.45, 7) is 7.48. The minimum absolute atomic E-state index is 0.787. The van der Waals surface area contributed by atoms with E-state index in [-0.39, 0.29) is 0 Å². The molecule has 14 heavy (non-hydrogen) atoms. The van der Waals surface area contributed by atoms with Crippen LogP contribution in [0.25, 0.3) is 0 Å². The summed E-state index contributed by atoms with van der Waals surface area (Å²) in [5.74, 6) is 0. The van der Waals surface area contributed by atoms with Crippen LogP contribution in [0.15, 0.2) is 12.1 Å². The van der Waals surface area contributed by atoms with Gasteiger partial charge in [0.2, 0.25) is 0 Å². The van der Waals surface area contributed by atoms with Gasteiger partial charge in [-0.25, -0.2) is 0 Å². The van der Waals surface area contributed by atoms with E-state index in [2.05, 4.69) is 32.5 Å². The summed E-state index contributed by atoms with van der Waals surface area (Å²) in [6.07, 6.45) is 2.21. The maximum Gasteiger partial charge on any atom is 0.0777 e. The van der Waals surface area contributed by atoms with Crippen molar-refractivity contribution >= 4 is 14.7 Å². The Morgan fingerprint density at radius 1 is 1.21 bits per heavy atom. The van der Waals surface area contributed by atoms with Crippen molar-refractivity contribution in [1.82, 2.24) is 0 Å². The Morgan fingerprint density at radius 3 is 2.50 bits per heavy atom. The second-order valence-corrected chi connectivity index (χ2v) is 4.70. The highest BCUT2D eigenvalue weighted by molar-refractivity contribution is 6.52. The molecule has 1 aromatic rings. The fraction of sp³-hybridized carbons (Fsp3) is 0.500. The van der Waals surface area contributed by atoms with Gasteiger partial charge in [-0.1, -0.05) is 23.9 Å². The second kappa shape index (κ2) is 5.32. The molecule has 2 radical (unpaired) electrons. The maximum atomic E-state index is 5.52. The van der Waals surface area contributed by atoms with E-state index >= 15 is 0 Å². The highest BCUT2D eigenvalue weighted by Crippen LogP contribution is 2.12. The third-order valence-corrected chi connectivity index (χ3v) is 3.90. The third-order valence-electron chi connectivity index (χ3n) is 2.82. The Morgan fingerprint density at radius 2 is 1.93 bits per heavy atom. The first-order chi connectivity index (χ1) is 6.70. The molecule has 0 aliphatic rings. The van der Waals surface area contributed by atoms with Gasteiger partial charge in [-0.15, -0.1) is 0 Å². The van der Waals surface area contributed by atoms with Crippen molar-refractivity contribution in [3.05, 3.63) is 28.8 Å². The van der Waals surface area contributed by atoms with Crippen LogP contribution in [0.5, 0.6) is 0 Å². The van der Waals surface area contributed by atoms with E-state index < -0.39 is 0 Å². The van der Waals surface area contributed by atoms with Crippen LogP contribution in [0.3, 0.4) is 0 Å². The summed E-state index contributed by atoms with van der Waals surface area (Å²) in [4.78, 5) is 0. The summed E-state index contributed by atoms with van der Waals surface area (Å²) in [5.41, 5.74) is 9.93. The minimum Gasteiger partial charge on any atom is -0.330 e. The summed E-state index contributed by atoms with van der Waals surface area (Å²) < 4.78 is 0. The van der Waals surface area contributed by atoms with Gasteiger partial charge in [0.15, 0.2) is 0 Å². The summed E-state index contributed by atoms with van der Waals surface area (Å²) in [5, 5.41) is 1.50. The fourth-order valence-corrected chi connectivity index (χ4v) is 2.52. The molecule has 1 rings (SSSR count). The molecule has 0 aromatic heterocycles. The average molecular weight is 205 g/mol. The molecule has 2 N–H and O–H groups in total. The lowest BCUT2D eigenvalue weighted by molar-refractivity contribution is 0.827. The first-order valence-corrected chi connectivity index (χ1v) is 6.67. The quantitative estimate of drug-likeness (QED) is 0.742. The summed E-state index contributed by atoms with van der Waals surface area (Å²) in [6, 6.07) is 4.54. The summed E-state index contributed by atoms with van der Waals surface area (Å²) >= 11 is 0. The Kier molecular flexibility index (Phi) is 4.36. The Bertz CT molecular complexity index is 307. The fourth-order valence-electron chi connectivity index (χ4n) is 1.71. The molecule has 76 valence electrons. The minimum atomic E-state index is 0.787. The molecule has 0 amide bonds. The van der Waals surface area contributed by atoms with E-state index in [0.29, 0.717) is 0 Å². The van der Waals surface area contributed by atoms with Crippen LogP contribution in [0, 0.1) is 13.8 Å². The lowest BCUT2D eigenvalue weighted by Crippen LogP contribution is -2.17. The number of aryl methyl sites for hydroxylation is 1. The van der Waals surface area contributed by atoms with Gasteiger partial charge in [-0.05, 0) is 49.9 Å². The molecule has 1 aromatic carbocycles. The number of rotatable bonds is 4. The van der Waals surface area contributed by atoms with E-state index in [9.17, 15) is 0 Å². The molecule has 0 aliphatic carbocycles. The molecule has 0 saturated heterocycles. The lowest BCUT2D eigenvalue weighted by atomic mass is 10.00. The van der Waals surface area contributed by atoms with Crippen molar-refractivity contribution in [1.29, 1.82) is 0 Å². The highest BCUT2D eigenvalue weighted by Gasteiger charge is 2.04. The number of benzene rings is 1. The number of hydrogen-bond donors (Lipinski definition) is 1. The van der Waals surface area contributed by atoms with Crippen molar-refractivity contribution < 1.29 is 0 Å². The molecule has 0 aliphatic heterocycles. The predicted molar refractivity (Wildman–Crippen MR) is 64.5 cm³/mol. The first-order valence-electron chi connectivity index (χ1n) is 5.17. The molecule has 0 heterocycles. The zero-order chi connectivity index (χ0) is 10.6. The van der Waals surface area contributed by atoms with Crippen molar-refractivity contribution in [2.45, 2.75) is 33.2 Å². The topological polar surface area (TPSA) is 26.0 Å². The molecular formula is C12H19NSi. The molecule has 0 atom stereocenters. The molecule has 0 fully saturated rings. The molecular weight excluding hydrogens is 186 g/mol. The molecule has 0 bridgehead atoms. The van der Waals surface area contributed by atoms with E-state index in [1.165, 1.54) is 21.9 Å². The molecule has 1 nitrogen and oxygen atoms in total. The van der Waals surface area contributed by atoms with Gasteiger partial charge in [0, 0.05) is 0 Å². The van der Waals surface area contributed by atoms with E-state index in [1.54, 1.807) is 0 Å². The number of hydrogen-bond acceptors (Lipinski definition) is 1. The molecule has 0 spiro atoms. The maximum absolute atomic E-state index is 5.52. The van der Waals surface area contributed by atoms with Gasteiger partial charge in [0.25, 0.3) is 0 Å². The standard InChI is InChI=1S/C12H19NSi/c1-9-10(2)12(14-3)7-6-11(9)5-4-8-13/h6-7H,4-5,8,13H2,1-3H3. The Balaban J connectivity index is 2.92. The molecule has 0 saturated carbocycles. The van der Waals surface area contributed by atoms with Gasteiger partial charge >= 0.3 is 0 Å². The van der Waals surface area contributed by atoms with Gasteiger partial charge < -0.3 is 5.73 Å². The van der Waals surface area contributed by atoms with E-state index in [4.69, 9.17) is 5.73 Å². The predicted octanol–water partition coefficient (Wildman–Crippen LogP) is 1.57. The average Bonchev–Trinajstić information content (AvgIpc) is 2.20. The van der Waals surface area contributed by atoms with Crippen LogP contribution in [-0.4, -0.2) is 16.1 Å². The van der Waals surface area contributed by atoms with Crippen LogP contribution in [0.4, 0.5) is 0 Å². The largest absolute Gasteiger partial charge is 0.330 e. The van der Waals surface area contributed by atoms with Crippen LogP contribution < -0.4 is 10.9 Å².